The van der Waals surface area contributed by atoms with Gasteiger partial charge in [0.05, 0.1) is 12.3 Å². The first kappa shape index (κ1) is 15.0. The van der Waals surface area contributed by atoms with E-state index in [1.54, 1.807) is 0 Å². The largest absolute Gasteiger partial charge is 0.393 e. The highest BCUT2D eigenvalue weighted by atomic mass is 19.4. The third-order valence-electron chi connectivity index (χ3n) is 3.29. The number of nitrogens with one attached hydrogen (secondary N) is 2. The second-order valence-corrected chi connectivity index (χ2v) is 4.85. The van der Waals surface area contributed by atoms with Gasteiger partial charge in [0.15, 0.2) is 0 Å². The molecule has 0 spiro atoms. The lowest BCUT2D eigenvalue weighted by atomic mass is 9.88. The van der Waals surface area contributed by atoms with Crippen LogP contribution in [0.1, 0.15) is 23.5 Å². The van der Waals surface area contributed by atoms with Crippen molar-refractivity contribution in [2.75, 3.05) is 13.1 Å². The van der Waals surface area contributed by atoms with Crippen LogP contribution in [0.2, 0.25) is 0 Å². The lowest BCUT2D eigenvalue weighted by Gasteiger charge is -2.32. The van der Waals surface area contributed by atoms with E-state index in [0.29, 0.717) is 0 Å². The molecule has 2 heterocycles. The van der Waals surface area contributed by atoms with Crippen molar-refractivity contribution in [3.8, 4) is 0 Å². The fraction of sp³-hybridized carbons (Fsp3) is 0.583. The number of halogens is 5. The van der Waals surface area contributed by atoms with Gasteiger partial charge in [0.2, 0.25) is 0 Å². The number of rotatable bonds is 2. The third-order valence-corrected chi connectivity index (χ3v) is 3.29. The average Bonchev–Trinajstić information content (AvgIpc) is 2.30. The first-order valence-corrected chi connectivity index (χ1v) is 6.06. The molecule has 3 nitrogen and oxygen atoms in total. The van der Waals surface area contributed by atoms with Crippen LogP contribution in [0.5, 0.6) is 0 Å². The zero-order valence-corrected chi connectivity index (χ0v) is 10.4. The lowest BCUT2D eigenvalue weighted by molar-refractivity contribution is -0.127. The van der Waals surface area contributed by atoms with Gasteiger partial charge in [0.25, 0.3) is 11.5 Å². The smallest absolute Gasteiger partial charge is 0.329 e. The molecular formula is C12H13F5N2O. The summed E-state index contributed by atoms with van der Waals surface area (Å²) in [5, 5.41) is 2.78. The molecule has 0 radical (unpaired) electrons. The number of alkyl halides is 5. The number of piperidine rings is 1. The molecule has 1 saturated heterocycles. The Kier molecular flexibility index (Phi) is 3.86. The maximum Gasteiger partial charge on any atom is 0.393 e. The summed E-state index contributed by atoms with van der Waals surface area (Å²) < 4.78 is 64.5. The Morgan fingerprint density at radius 1 is 1.35 bits per heavy atom. The maximum atomic E-state index is 13.8. The van der Waals surface area contributed by atoms with Crippen LogP contribution in [-0.4, -0.2) is 30.2 Å². The number of aromatic nitrogens is 1. The summed E-state index contributed by atoms with van der Waals surface area (Å²) >= 11 is 0. The molecule has 8 heteroatoms. The molecular weight excluding hydrogens is 283 g/mol. The number of pyridine rings is 1. The van der Waals surface area contributed by atoms with Crippen LogP contribution < -0.4 is 10.9 Å². The Balaban J connectivity index is 2.33. The molecule has 1 aliphatic rings. The van der Waals surface area contributed by atoms with Gasteiger partial charge in [-0.05, 0) is 11.6 Å². The summed E-state index contributed by atoms with van der Waals surface area (Å²) in [6.07, 6.45) is -5.31. The van der Waals surface area contributed by atoms with Crippen molar-refractivity contribution >= 4 is 0 Å². The van der Waals surface area contributed by atoms with Gasteiger partial charge >= 0.3 is 6.18 Å². The molecule has 1 aromatic rings. The summed E-state index contributed by atoms with van der Waals surface area (Å²) in [6.45, 7) is 0.118. The Bertz CT molecular complexity index is 537. The van der Waals surface area contributed by atoms with E-state index in [2.05, 4.69) is 10.3 Å². The first-order valence-electron chi connectivity index (χ1n) is 6.06. The van der Waals surface area contributed by atoms with E-state index in [1.807, 2.05) is 0 Å². The van der Waals surface area contributed by atoms with Crippen molar-refractivity contribution in [2.24, 2.45) is 0 Å². The Morgan fingerprint density at radius 2 is 2.05 bits per heavy atom. The minimum atomic E-state index is -4.56. The first-order chi connectivity index (χ1) is 9.19. The van der Waals surface area contributed by atoms with Gasteiger partial charge < -0.3 is 10.3 Å². The van der Waals surface area contributed by atoms with Gasteiger partial charge in [-0.3, -0.25) is 4.79 Å². The fourth-order valence-electron chi connectivity index (χ4n) is 2.29. The van der Waals surface area contributed by atoms with E-state index in [9.17, 15) is 26.7 Å². The van der Waals surface area contributed by atoms with Gasteiger partial charge in [-0.15, -0.1) is 0 Å². The van der Waals surface area contributed by atoms with Crippen molar-refractivity contribution in [3.05, 3.63) is 33.7 Å². The molecule has 1 aliphatic heterocycles. The molecule has 1 unspecified atom stereocenters. The van der Waals surface area contributed by atoms with Crippen molar-refractivity contribution < 1.29 is 22.0 Å². The highest BCUT2D eigenvalue weighted by Crippen LogP contribution is 2.37. The second-order valence-electron chi connectivity index (χ2n) is 4.85. The standard InChI is InChI=1S/C12H13F5N2O/c13-11(14)1-2-18-6-9(11)8-3-7(4-12(15,16)17)10(20)19-5-8/h3,5,9,18H,1-2,4,6H2,(H,19,20). The molecule has 112 valence electrons. The second kappa shape index (κ2) is 5.16. The molecule has 1 aromatic heterocycles. The van der Waals surface area contributed by atoms with Gasteiger partial charge in [-0.25, -0.2) is 8.78 Å². The highest BCUT2D eigenvalue weighted by molar-refractivity contribution is 5.25. The summed E-state index contributed by atoms with van der Waals surface area (Å²) in [7, 11) is 0. The summed E-state index contributed by atoms with van der Waals surface area (Å²) in [4.78, 5) is 13.4. The average molecular weight is 296 g/mol. The van der Waals surface area contributed by atoms with Crippen molar-refractivity contribution in [1.29, 1.82) is 0 Å². The normalized spacial score (nSPS) is 22.8. The number of H-pyrrole nitrogens is 1. The van der Waals surface area contributed by atoms with Crippen LogP contribution in [-0.2, 0) is 6.42 Å². The molecule has 0 aromatic carbocycles. The number of hydrogen-bond acceptors (Lipinski definition) is 2. The van der Waals surface area contributed by atoms with Crippen LogP contribution in [0.25, 0.3) is 0 Å². The molecule has 20 heavy (non-hydrogen) atoms. The van der Waals surface area contributed by atoms with Crippen molar-refractivity contribution in [3.63, 3.8) is 0 Å². The highest BCUT2D eigenvalue weighted by Gasteiger charge is 2.42. The van der Waals surface area contributed by atoms with E-state index in [0.717, 1.165) is 12.3 Å². The minimum Gasteiger partial charge on any atom is -0.329 e. The fourth-order valence-corrected chi connectivity index (χ4v) is 2.29. The third kappa shape index (κ3) is 3.36. The molecule has 0 saturated carbocycles. The van der Waals surface area contributed by atoms with E-state index >= 15 is 0 Å². The van der Waals surface area contributed by atoms with E-state index in [-0.39, 0.29) is 25.1 Å². The van der Waals surface area contributed by atoms with Crippen molar-refractivity contribution in [2.45, 2.75) is 30.9 Å². The predicted molar refractivity (Wildman–Crippen MR) is 62.0 cm³/mol. The number of aromatic amines is 1. The molecule has 0 bridgehead atoms. The SMILES string of the molecule is O=c1[nH]cc(C2CNCCC2(F)F)cc1CC(F)(F)F. The molecule has 0 amide bonds. The monoisotopic (exact) mass is 296 g/mol. The maximum absolute atomic E-state index is 13.8. The van der Waals surface area contributed by atoms with Crippen LogP contribution >= 0.6 is 0 Å². The van der Waals surface area contributed by atoms with E-state index < -0.39 is 35.6 Å². The van der Waals surface area contributed by atoms with Gasteiger partial charge in [0, 0.05) is 31.3 Å². The zero-order valence-electron chi connectivity index (χ0n) is 10.4. The summed E-state index contributed by atoms with van der Waals surface area (Å²) in [6, 6.07) is 0.928. The summed E-state index contributed by atoms with van der Waals surface area (Å²) in [5.41, 5.74) is -1.43. The molecule has 1 fully saturated rings. The zero-order chi connectivity index (χ0) is 15.0. The summed E-state index contributed by atoms with van der Waals surface area (Å²) in [5.74, 6) is -4.24. The Morgan fingerprint density at radius 3 is 2.65 bits per heavy atom. The molecule has 0 aliphatic carbocycles. The van der Waals surface area contributed by atoms with Crippen molar-refractivity contribution in [1.82, 2.24) is 10.3 Å². The van der Waals surface area contributed by atoms with Crippen LogP contribution in [0.15, 0.2) is 17.1 Å². The predicted octanol–water partition coefficient (Wildman–Crippen LogP) is 2.19. The topological polar surface area (TPSA) is 44.9 Å². The minimum absolute atomic E-state index is 0.0149. The van der Waals surface area contributed by atoms with E-state index in [1.165, 1.54) is 0 Å². The van der Waals surface area contributed by atoms with Gasteiger partial charge in [-0.2, -0.15) is 13.2 Å². The number of hydrogen-bond donors (Lipinski definition) is 2. The van der Waals surface area contributed by atoms with E-state index in [4.69, 9.17) is 0 Å². The van der Waals surface area contributed by atoms with Crippen LogP contribution in [0.4, 0.5) is 22.0 Å². The van der Waals surface area contributed by atoms with Crippen LogP contribution in [0, 0.1) is 0 Å². The Labute approximate surface area is 111 Å². The molecule has 1 atom stereocenters. The van der Waals surface area contributed by atoms with Gasteiger partial charge in [-0.1, -0.05) is 0 Å². The molecule has 2 N–H and O–H groups in total. The quantitative estimate of drug-likeness (QED) is 0.822. The molecule has 2 rings (SSSR count). The van der Waals surface area contributed by atoms with Crippen LogP contribution in [0.3, 0.4) is 0 Å². The lowest BCUT2D eigenvalue weighted by Crippen LogP contribution is -2.43. The van der Waals surface area contributed by atoms with Gasteiger partial charge in [0.1, 0.15) is 0 Å². The Hall–Kier alpha value is -1.44.